The monoisotopic (exact) mass is 402 g/mol. The Kier molecular flexibility index (Phi) is 6.07. The Labute approximate surface area is 151 Å². The number of thioether (sulfide) groups is 1. The third-order valence-corrected chi connectivity index (χ3v) is 4.84. The summed E-state index contributed by atoms with van der Waals surface area (Å²) in [6.45, 7) is -0.288. The van der Waals surface area contributed by atoms with E-state index in [0.717, 1.165) is 0 Å². The zero-order valence-corrected chi connectivity index (χ0v) is 15.0. The third kappa shape index (κ3) is 4.06. The van der Waals surface area contributed by atoms with E-state index in [1.165, 1.54) is 23.8 Å². The summed E-state index contributed by atoms with van der Waals surface area (Å²) >= 11 is 18.1. The SMILES string of the molecule is COCC1=C(C(=O)OCC(Cl)(Cl)Cl)N2C(=O)[C@@H](NC=O)[C@@H]2SC1. The number of nitrogens with zero attached hydrogens (tertiary/aromatic N) is 1. The molecule has 2 heterocycles. The van der Waals surface area contributed by atoms with Crippen LogP contribution in [0, 0.1) is 0 Å². The molecule has 0 saturated carbocycles. The van der Waals surface area contributed by atoms with Crippen LogP contribution in [0.15, 0.2) is 11.3 Å². The van der Waals surface area contributed by atoms with Gasteiger partial charge >= 0.3 is 5.97 Å². The minimum absolute atomic E-state index is 0.0822. The standard InChI is InChI=1S/C12H13Cl3N2O5S/c1-21-2-6-3-23-10-7(16-5-18)9(19)17(10)8(6)11(20)22-4-12(13,14)15/h5,7,10H,2-4H2,1H3,(H,16,18)/t7-,10+/m1/s1. The molecule has 7 nitrogen and oxygen atoms in total. The highest BCUT2D eigenvalue weighted by atomic mass is 35.6. The normalized spacial score (nSPS) is 24.0. The van der Waals surface area contributed by atoms with Crippen LogP contribution >= 0.6 is 46.6 Å². The Morgan fingerprint density at radius 1 is 1.52 bits per heavy atom. The molecule has 0 bridgehead atoms. The van der Waals surface area contributed by atoms with Crippen molar-refractivity contribution in [1.82, 2.24) is 10.2 Å². The lowest BCUT2D eigenvalue weighted by molar-refractivity contribution is -0.152. The number of hydrogen-bond donors (Lipinski definition) is 1. The van der Waals surface area contributed by atoms with Crippen LogP contribution in [0.4, 0.5) is 0 Å². The highest BCUT2D eigenvalue weighted by Crippen LogP contribution is 2.40. The van der Waals surface area contributed by atoms with Crippen LogP contribution in [0.2, 0.25) is 0 Å². The van der Waals surface area contributed by atoms with E-state index in [2.05, 4.69) is 5.32 Å². The van der Waals surface area contributed by atoms with Crippen LogP contribution in [0.1, 0.15) is 0 Å². The first-order chi connectivity index (χ1) is 10.8. The summed E-state index contributed by atoms with van der Waals surface area (Å²) in [7, 11) is 1.47. The van der Waals surface area contributed by atoms with Gasteiger partial charge in [-0.2, -0.15) is 0 Å². The fourth-order valence-electron chi connectivity index (χ4n) is 2.27. The van der Waals surface area contributed by atoms with Crippen LogP contribution in [0.25, 0.3) is 0 Å². The van der Waals surface area contributed by atoms with E-state index >= 15 is 0 Å². The summed E-state index contributed by atoms with van der Waals surface area (Å²) in [6.07, 6.45) is 0.454. The van der Waals surface area contributed by atoms with Gasteiger partial charge in [0.15, 0.2) is 0 Å². The minimum atomic E-state index is -1.75. The topological polar surface area (TPSA) is 84.9 Å². The predicted molar refractivity (Wildman–Crippen MR) is 86.2 cm³/mol. The van der Waals surface area contributed by atoms with E-state index in [9.17, 15) is 14.4 Å². The lowest BCUT2D eigenvalue weighted by Crippen LogP contribution is -2.69. The van der Waals surface area contributed by atoms with Crippen molar-refractivity contribution in [3.05, 3.63) is 11.3 Å². The Hall–Kier alpha value is -0.670. The fraction of sp³-hybridized carbons (Fsp3) is 0.583. The molecule has 0 unspecified atom stereocenters. The van der Waals surface area contributed by atoms with Crippen LogP contribution in [-0.4, -0.2) is 64.5 Å². The van der Waals surface area contributed by atoms with E-state index in [-0.39, 0.29) is 17.7 Å². The number of halogens is 3. The van der Waals surface area contributed by atoms with Gasteiger partial charge in [-0.25, -0.2) is 4.79 Å². The van der Waals surface area contributed by atoms with Crippen molar-refractivity contribution in [2.24, 2.45) is 0 Å². The first kappa shape index (κ1) is 18.7. The van der Waals surface area contributed by atoms with E-state index in [1.807, 2.05) is 0 Å². The van der Waals surface area contributed by atoms with Gasteiger partial charge in [0, 0.05) is 12.9 Å². The van der Waals surface area contributed by atoms with E-state index in [1.54, 1.807) is 0 Å². The number of alkyl halides is 3. The molecule has 1 N–H and O–H groups in total. The molecule has 2 aliphatic heterocycles. The van der Waals surface area contributed by atoms with Gasteiger partial charge in [0.2, 0.25) is 10.2 Å². The van der Waals surface area contributed by atoms with Gasteiger partial charge in [-0.05, 0) is 5.57 Å². The second kappa shape index (κ2) is 7.48. The highest BCUT2D eigenvalue weighted by Gasteiger charge is 2.53. The molecule has 2 amide bonds. The van der Waals surface area contributed by atoms with Crippen molar-refractivity contribution < 1.29 is 23.9 Å². The Morgan fingerprint density at radius 2 is 2.22 bits per heavy atom. The number of esters is 1. The minimum Gasteiger partial charge on any atom is -0.456 e. The van der Waals surface area contributed by atoms with Crippen molar-refractivity contribution in [1.29, 1.82) is 0 Å². The fourth-order valence-corrected chi connectivity index (χ4v) is 3.77. The van der Waals surface area contributed by atoms with Crippen molar-refractivity contribution >= 4 is 64.9 Å². The average molecular weight is 404 g/mol. The van der Waals surface area contributed by atoms with E-state index in [4.69, 9.17) is 44.3 Å². The van der Waals surface area contributed by atoms with E-state index < -0.39 is 28.3 Å². The maximum absolute atomic E-state index is 12.3. The molecule has 0 aliphatic carbocycles. The molecule has 0 spiro atoms. The molecule has 1 fully saturated rings. The molecule has 1 saturated heterocycles. The number of fused-ring (bicyclic) bond motifs is 1. The number of β-lactam (4-membered cyclic amide) rings is 1. The summed E-state index contributed by atoms with van der Waals surface area (Å²) in [5.41, 5.74) is 0.680. The van der Waals surface area contributed by atoms with Crippen molar-refractivity contribution in [3.63, 3.8) is 0 Å². The summed E-state index contributed by atoms with van der Waals surface area (Å²) in [6, 6.07) is -0.669. The molecular weight excluding hydrogens is 391 g/mol. The van der Waals surface area contributed by atoms with Gasteiger partial charge in [-0.1, -0.05) is 34.8 Å². The smallest absolute Gasteiger partial charge is 0.355 e. The van der Waals surface area contributed by atoms with Gasteiger partial charge in [-0.15, -0.1) is 11.8 Å². The van der Waals surface area contributed by atoms with Crippen LogP contribution in [-0.2, 0) is 23.9 Å². The van der Waals surface area contributed by atoms with Crippen molar-refractivity contribution in [3.8, 4) is 0 Å². The molecule has 23 heavy (non-hydrogen) atoms. The van der Waals surface area contributed by atoms with Gasteiger partial charge in [-0.3, -0.25) is 14.5 Å². The van der Waals surface area contributed by atoms with Gasteiger partial charge < -0.3 is 14.8 Å². The first-order valence-electron chi connectivity index (χ1n) is 6.39. The number of carbonyl (C=O) groups excluding carboxylic acids is 3. The zero-order valence-electron chi connectivity index (χ0n) is 11.9. The molecular formula is C12H13Cl3N2O5S. The Bertz CT molecular complexity index is 551. The zero-order chi connectivity index (χ0) is 17.2. The maximum Gasteiger partial charge on any atom is 0.355 e. The molecule has 0 aromatic heterocycles. The maximum atomic E-state index is 12.3. The third-order valence-electron chi connectivity index (χ3n) is 3.17. The Balaban J connectivity index is 2.21. The molecule has 0 aromatic rings. The lowest BCUT2D eigenvalue weighted by Gasteiger charge is -2.49. The summed E-state index contributed by atoms with van der Waals surface area (Å²) in [5, 5.41) is 2.06. The van der Waals surface area contributed by atoms with Crippen LogP contribution in [0.3, 0.4) is 0 Å². The lowest BCUT2D eigenvalue weighted by atomic mass is 10.0. The number of rotatable bonds is 6. The van der Waals surface area contributed by atoms with Crippen LogP contribution in [0.5, 0.6) is 0 Å². The van der Waals surface area contributed by atoms with Crippen LogP contribution < -0.4 is 5.32 Å². The predicted octanol–water partition coefficient (Wildman–Crippen LogP) is 0.830. The van der Waals surface area contributed by atoms with Gasteiger partial charge in [0.25, 0.3) is 5.91 Å². The quantitative estimate of drug-likeness (QED) is 0.306. The number of methoxy groups -OCH3 is 1. The van der Waals surface area contributed by atoms with Gasteiger partial charge in [0.05, 0.1) is 6.61 Å². The molecule has 0 aromatic carbocycles. The molecule has 2 aliphatic rings. The summed E-state index contributed by atoms with van der Waals surface area (Å²) < 4.78 is 8.29. The number of ether oxygens (including phenoxy) is 2. The molecule has 2 atom stereocenters. The summed E-state index contributed by atoms with van der Waals surface area (Å²) in [5.74, 6) is -0.715. The molecule has 128 valence electrons. The number of carbonyl (C=O) groups is 3. The van der Waals surface area contributed by atoms with Crippen molar-refractivity contribution in [2.45, 2.75) is 15.2 Å². The molecule has 11 heteroatoms. The number of amides is 2. The molecule has 2 rings (SSSR count). The molecule has 0 radical (unpaired) electrons. The first-order valence-corrected chi connectivity index (χ1v) is 8.57. The number of hydrogen-bond acceptors (Lipinski definition) is 6. The second-order valence-corrected chi connectivity index (χ2v) is 8.37. The second-order valence-electron chi connectivity index (χ2n) is 4.75. The average Bonchev–Trinajstić information content (AvgIpc) is 2.49. The Morgan fingerprint density at radius 3 is 2.78 bits per heavy atom. The van der Waals surface area contributed by atoms with E-state index in [0.29, 0.717) is 17.7 Å². The number of nitrogens with one attached hydrogen (secondary N) is 1. The summed E-state index contributed by atoms with van der Waals surface area (Å²) in [4.78, 5) is 36.4. The largest absolute Gasteiger partial charge is 0.456 e. The van der Waals surface area contributed by atoms with Crippen molar-refractivity contribution in [2.75, 3.05) is 26.1 Å². The highest BCUT2D eigenvalue weighted by molar-refractivity contribution is 8.00. The van der Waals surface area contributed by atoms with Gasteiger partial charge in [0.1, 0.15) is 23.7 Å².